The van der Waals surface area contributed by atoms with Gasteiger partial charge in [-0.05, 0) is 25.0 Å². The molecule has 0 saturated heterocycles. The zero-order valence-corrected chi connectivity index (χ0v) is 9.80. The van der Waals surface area contributed by atoms with Crippen LogP contribution in [-0.4, -0.2) is 19.7 Å². The van der Waals surface area contributed by atoms with Crippen molar-refractivity contribution in [2.75, 3.05) is 0 Å². The lowest BCUT2D eigenvalue weighted by atomic mass is 9.93. The van der Waals surface area contributed by atoms with Crippen LogP contribution in [0.15, 0.2) is 35.2 Å². The molecule has 0 amide bonds. The zero-order valence-electron chi connectivity index (χ0n) is 8.17. The van der Waals surface area contributed by atoms with Gasteiger partial charge in [-0.1, -0.05) is 18.2 Å². The molecule has 1 aromatic carbocycles. The van der Waals surface area contributed by atoms with Crippen molar-refractivity contribution >= 4 is 22.2 Å². The van der Waals surface area contributed by atoms with Crippen LogP contribution in [-0.2, 0) is 9.84 Å². The van der Waals surface area contributed by atoms with Gasteiger partial charge in [-0.25, -0.2) is 8.42 Å². The van der Waals surface area contributed by atoms with Gasteiger partial charge in [0.1, 0.15) is 0 Å². The summed E-state index contributed by atoms with van der Waals surface area (Å²) in [5.41, 5.74) is 5.58. The molecule has 84 valence electrons. The molecule has 0 atom stereocenters. The van der Waals surface area contributed by atoms with Crippen molar-refractivity contribution in [1.82, 2.24) is 0 Å². The van der Waals surface area contributed by atoms with E-state index in [1.165, 1.54) is 0 Å². The van der Waals surface area contributed by atoms with E-state index < -0.39 is 9.84 Å². The van der Waals surface area contributed by atoms with Gasteiger partial charge in [0, 0.05) is 6.04 Å². The Hall–Kier alpha value is -0.580. The van der Waals surface area contributed by atoms with E-state index in [0.717, 1.165) is 0 Å². The lowest BCUT2D eigenvalue weighted by molar-refractivity contribution is 0.409. The highest BCUT2D eigenvalue weighted by Crippen LogP contribution is 2.30. The van der Waals surface area contributed by atoms with E-state index in [9.17, 15) is 8.42 Å². The van der Waals surface area contributed by atoms with Crippen LogP contribution in [0.5, 0.6) is 0 Å². The molecule has 0 spiro atoms. The fraction of sp³-hybridized carbons (Fsp3) is 0.400. The van der Waals surface area contributed by atoms with E-state index in [-0.39, 0.29) is 23.7 Å². The molecule has 15 heavy (non-hydrogen) atoms. The van der Waals surface area contributed by atoms with Gasteiger partial charge in [-0.3, -0.25) is 0 Å². The lowest BCUT2D eigenvalue weighted by Crippen LogP contribution is -2.44. The molecule has 3 nitrogen and oxygen atoms in total. The van der Waals surface area contributed by atoms with Crippen LogP contribution < -0.4 is 5.73 Å². The van der Waals surface area contributed by atoms with E-state index in [1.807, 2.05) is 6.07 Å². The summed E-state index contributed by atoms with van der Waals surface area (Å²) in [5.74, 6) is 0. The predicted molar refractivity (Wildman–Crippen MR) is 61.9 cm³/mol. The lowest BCUT2D eigenvalue weighted by Gasteiger charge is -2.31. The van der Waals surface area contributed by atoms with Crippen molar-refractivity contribution in [2.45, 2.75) is 29.0 Å². The van der Waals surface area contributed by atoms with Crippen LogP contribution in [0.2, 0.25) is 0 Å². The first-order valence-corrected chi connectivity index (χ1v) is 6.20. The van der Waals surface area contributed by atoms with Gasteiger partial charge in [0.2, 0.25) is 0 Å². The molecule has 1 aliphatic carbocycles. The van der Waals surface area contributed by atoms with E-state index in [0.29, 0.717) is 17.7 Å². The molecule has 0 aliphatic heterocycles. The van der Waals surface area contributed by atoms with E-state index in [1.54, 1.807) is 24.3 Å². The molecule has 2 N–H and O–H groups in total. The monoisotopic (exact) mass is 247 g/mol. The average molecular weight is 248 g/mol. The molecular weight excluding hydrogens is 234 g/mol. The topological polar surface area (TPSA) is 60.2 Å². The third kappa shape index (κ3) is 2.33. The van der Waals surface area contributed by atoms with Crippen LogP contribution in [0.25, 0.3) is 0 Å². The quantitative estimate of drug-likeness (QED) is 0.859. The highest BCUT2D eigenvalue weighted by molar-refractivity contribution is 7.92. The minimum absolute atomic E-state index is 0. The van der Waals surface area contributed by atoms with Crippen molar-refractivity contribution < 1.29 is 8.42 Å². The van der Waals surface area contributed by atoms with Gasteiger partial charge in [-0.2, -0.15) is 0 Å². The summed E-state index contributed by atoms with van der Waals surface area (Å²) in [6, 6.07) is 8.64. The van der Waals surface area contributed by atoms with Crippen molar-refractivity contribution in [3.8, 4) is 0 Å². The Bertz CT molecular complexity index is 412. The molecule has 1 aromatic rings. The third-order valence-corrected chi connectivity index (χ3v) is 4.83. The third-order valence-electron chi connectivity index (χ3n) is 2.64. The SMILES string of the molecule is Cl.NC1CC(S(=O)(=O)c2ccccc2)C1. The summed E-state index contributed by atoms with van der Waals surface area (Å²) in [7, 11) is -3.12. The number of halogens is 1. The molecule has 1 fully saturated rings. The van der Waals surface area contributed by atoms with Gasteiger partial charge < -0.3 is 5.73 Å². The van der Waals surface area contributed by atoms with Crippen molar-refractivity contribution in [2.24, 2.45) is 5.73 Å². The summed E-state index contributed by atoms with van der Waals surface area (Å²) >= 11 is 0. The molecule has 0 radical (unpaired) electrons. The fourth-order valence-corrected chi connectivity index (χ4v) is 3.58. The summed E-state index contributed by atoms with van der Waals surface area (Å²) in [6.07, 6.45) is 1.19. The highest BCUT2D eigenvalue weighted by atomic mass is 35.5. The molecule has 0 unspecified atom stereocenters. The maximum atomic E-state index is 11.9. The Kier molecular flexibility index (Phi) is 3.76. The van der Waals surface area contributed by atoms with Crippen molar-refractivity contribution in [3.63, 3.8) is 0 Å². The van der Waals surface area contributed by atoms with Crippen LogP contribution in [0.1, 0.15) is 12.8 Å². The first kappa shape index (κ1) is 12.5. The van der Waals surface area contributed by atoms with Gasteiger partial charge in [0.15, 0.2) is 9.84 Å². The smallest absolute Gasteiger partial charge is 0.181 e. The first-order chi connectivity index (χ1) is 6.60. The van der Waals surface area contributed by atoms with Gasteiger partial charge in [0.05, 0.1) is 10.1 Å². The standard InChI is InChI=1S/C10H13NO2S.ClH/c11-8-6-10(7-8)14(12,13)9-4-2-1-3-5-9;/h1-5,8,10H,6-7,11H2;1H. The maximum Gasteiger partial charge on any atom is 0.181 e. The maximum absolute atomic E-state index is 11.9. The van der Waals surface area contributed by atoms with Crippen molar-refractivity contribution in [3.05, 3.63) is 30.3 Å². The molecule has 0 heterocycles. The molecule has 0 aromatic heterocycles. The van der Waals surface area contributed by atoms with Gasteiger partial charge >= 0.3 is 0 Å². The predicted octanol–water partition coefficient (Wildman–Crippen LogP) is 1.37. The molecule has 1 aliphatic rings. The van der Waals surface area contributed by atoms with Crippen molar-refractivity contribution in [1.29, 1.82) is 0 Å². The summed E-state index contributed by atoms with van der Waals surface area (Å²) in [5, 5.41) is -0.264. The Labute approximate surface area is 96.0 Å². The number of rotatable bonds is 2. The number of sulfone groups is 1. The van der Waals surface area contributed by atoms with E-state index in [4.69, 9.17) is 5.73 Å². The minimum Gasteiger partial charge on any atom is -0.328 e. The largest absolute Gasteiger partial charge is 0.328 e. The second-order valence-corrected chi connectivity index (χ2v) is 5.94. The molecular formula is C10H14ClNO2S. The Morgan fingerprint density at radius 1 is 1.13 bits per heavy atom. The molecule has 5 heteroatoms. The Morgan fingerprint density at radius 3 is 2.13 bits per heavy atom. The number of hydrogen-bond donors (Lipinski definition) is 1. The van der Waals surface area contributed by atoms with Gasteiger partial charge in [-0.15, -0.1) is 12.4 Å². The molecule has 1 saturated carbocycles. The molecule has 2 rings (SSSR count). The second kappa shape index (κ2) is 4.51. The Balaban J connectivity index is 0.00000112. The summed E-state index contributed by atoms with van der Waals surface area (Å²) in [4.78, 5) is 0.414. The van der Waals surface area contributed by atoms with Crippen LogP contribution >= 0.6 is 12.4 Å². The normalized spacial score (nSPS) is 25.1. The highest BCUT2D eigenvalue weighted by Gasteiger charge is 2.37. The number of hydrogen-bond acceptors (Lipinski definition) is 3. The average Bonchev–Trinajstić information content (AvgIpc) is 2.14. The fourth-order valence-electron chi connectivity index (χ4n) is 1.66. The molecule has 0 bridgehead atoms. The summed E-state index contributed by atoms with van der Waals surface area (Å²) in [6.45, 7) is 0. The van der Waals surface area contributed by atoms with E-state index in [2.05, 4.69) is 0 Å². The first-order valence-electron chi connectivity index (χ1n) is 4.65. The number of benzene rings is 1. The second-order valence-electron chi connectivity index (χ2n) is 3.71. The number of nitrogens with two attached hydrogens (primary N) is 1. The van der Waals surface area contributed by atoms with Crippen LogP contribution in [0.4, 0.5) is 0 Å². The van der Waals surface area contributed by atoms with Gasteiger partial charge in [0.25, 0.3) is 0 Å². The Morgan fingerprint density at radius 2 is 1.67 bits per heavy atom. The zero-order chi connectivity index (χ0) is 10.2. The van der Waals surface area contributed by atoms with Crippen LogP contribution in [0.3, 0.4) is 0 Å². The summed E-state index contributed by atoms with van der Waals surface area (Å²) < 4.78 is 23.8. The van der Waals surface area contributed by atoms with E-state index >= 15 is 0 Å². The minimum atomic E-state index is -3.12. The van der Waals surface area contributed by atoms with Crippen LogP contribution in [0, 0.1) is 0 Å².